The van der Waals surface area contributed by atoms with Crippen LogP contribution in [0, 0.1) is 5.82 Å². The summed E-state index contributed by atoms with van der Waals surface area (Å²) < 4.78 is 19.2. The first-order valence-corrected chi connectivity index (χ1v) is 6.54. The van der Waals surface area contributed by atoms with Crippen LogP contribution in [0.1, 0.15) is 12.5 Å². The minimum Gasteiger partial charge on any atom is -0.463 e. The van der Waals surface area contributed by atoms with Gasteiger partial charge in [0.05, 0.1) is 17.9 Å². The van der Waals surface area contributed by atoms with Crippen molar-refractivity contribution in [1.82, 2.24) is 0 Å². The van der Waals surface area contributed by atoms with Gasteiger partial charge in [0.25, 0.3) is 0 Å². The molecule has 6 heteroatoms. The lowest BCUT2D eigenvalue weighted by Gasteiger charge is -2.23. The van der Waals surface area contributed by atoms with E-state index in [-0.39, 0.29) is 17.9 Å². The Kier molecular flexibility index (Phi) is 3.92. The van der Waals surface area contributed by atoms with E-state index in [0.717, 1.165) is 0 Å². The van der Waals surface area contributed by atoms with Crippen LogP contribution in [0.15, 0.2) is 22.2 Å². The molecular weight excluding hydrogens is 324 g/mol. The number of hydrogen-bond donors (Lipinski definition) is 1. The fourth-order valence-corrected chi connectivity index (χ4v) is 2.39. The number of fused-ring (bicyclic) bond motifs is 1. The van der Waals surface area contributed by atoms with Crippen LogP contribution in [0.2, 0.25) is 0 Å². The highest BCUT2D eigenvalue weighted by atomic mass is 79.9. The second-order valence-electron chi connectivity index (χ2n) is 3.68. The number of carbonyl (C=O) groups is 1. The van der Waals surface area contributed by atoms with E-state index in [9.17, 15) is 9.18 Å². The largest absolute Gasteiger partial charge is 0.463 e. The van der Waals surface area contributed by atoms with Crippen molar-refractivity contribution in [2.24, 2.45) is 0 Å². The third kappa shape index (κ3) is 2.52. The second-order valence-corrected chi connectivity index (χ2v) is 5.03. The van der Waals surface area contributed by atoms with E-state index in [1.165, 1.54) is 12.1 Å². The van der Waals surface area contributed by atoms with Crippen molar-refractivity contribution in [2.75, 3.05) is 11.9 Å². The van der Waals surface area contributed by atoms with Crippen LogP contribution in [-0.2, 0) is 9.53 Å². The summed E-state index contributed by atoms with van der Waals surface area (Å²) in [7, 11) is 0. The molecule has 18 heavy (non-hydrogen) atoms. The normalized spacial score (nSPS) is 17.6. The first-order valence-electron chi connectivity index (χ1n) is 5.31. The van der Waals surface area contributed by atoms with Gasteiger partial charge in [-0.3, -0.25) is 0 Å². The fraction of sp³-hybridized carbons (Fsp3) is 0.250. The van der Waals surface area contributed by atoms with Crippen molar-refractivity contribution in [3.05, 3.63) is 33.6 Å². The molecule has 1 heterocycles. The van der Waals surface area contributed by atoms with E-state index in [2.05, 4.69) is 21.2 Å². The molecule has 1 N–H and O–H groups in total. The Bertz CT molecular complexity index is 533. The number of nitrogens with one attached hydrogen (secondary N) is 1. The third-order valence-electron chi connectivity index (χ3n) is 2.45. The highest BCUT2D eigenvalue weighted by molar-refractivity contribution is 9.10. The molecule has 96 valence electrons. The van der Waals surface area contributed by atoms with Crippen molar-refractivity contribution >= 4 is 45.3 Å². The molecule has 2 rings (SSSR count). The number of anilines is 1. The van der Waals surface area contributed by atoms with Crippen LogP contribution < -0.4 is 5.32 Å². The third-order valence-corrected chi connectivity index (χ3v) is 3.25. The van der Waals surface area contributed by atoms with Gasteiger partial charge in [-0.05, 0) is 25.1 Å². The van der Waals surface area contributed by atoms with Crippen LogP contribution in [0.3, 0.4) is 0 Å². The van der Waals surface area contributed by atoms with Gasteiger partial charge in [0.1, 0.15) is 11.3 Å². The number of ether oxygens (including phenoxy) is 1. The number of hydrogen-bond acceptors (Lipinski definition) is 3. The standard InChI is InChI=1S/C12H10BrClFNO2/c1-2-18-12(17)8-4-6-3-7(13)5-9(15)10(6)16-11(8)14/h3-5,11,16H,2H2,1H3. The molecule has 1 aliphatic heterocycles. The number of alkyl halides is 1. The highest BCUT2D eigenvalue weighted by Gasteiger charge is 2.26. The Morgan fingerprint density at radius 3 is 3.00 bits per heavy atom. The number of carbonyl (C=O) groups excluding carboxylic acids is 1. The SMILES string of the molecule is CCOC(=O)C1=Cc2cc(Br)cc(F)c2NC1Cl. The maximum absolute atomic E-state index is 13.7. The minimum atomic E-state index is -0.799. The molecule has 0 saturated carbocycles. The Hall–Kier alpha value is -1.07. The summed E-state index contributed by atoms with van der Waals surface area (Å²) in [6.45, 7) is 1.97. The van der Waals surface area contributed by atoms with E-state index < -0.39 is 17.3 Å². The van der Waals surface area contributed by atoms with Crippen LogP contribution in [0.4, 0.5) is 10.1 Å². The van der Waals surface area contributed by atoms with E-state index in [1.54, 1.807) is 13.0 Å². The van der Waals surface area contributed by atoms with Crippen LogP contribution in [0.5, 0.6) is 0 Å². The number of esters is 1. The molecule has 1 aromatic carbocycles. The monoisotopic (exact) mass is 333 g/mol. The average molecular weight is 335 g/mol. The highest BCUT2D eigenvalue weighted by Crippen LogP contribution is 2.33. The predicted octanol–water partition coefficient (Wildman–Crippen LogP) is 3.53. The van der Waals surface area contributed by atoms with Crippen molar-refractivity contribution in [3.8, 4) is 0 Å². The number of halogens is 3. The first kappa shape index (κ1) is 13.4. The molecule has 0 aromatic heterocycles. The molecule has 0 bridgehead atoms. The lowest BCUT2D eigenvalue weighted by atomic mass is 10.0. The van der Waals surface area contributed by atoms with Crippen molar-refractivity contribution in [1.29, 1.82) is 0 Å². The summed E-state index contributed by atoms with van der Waals surface area (Å²) in [6, 6.07) is 3.03. The molecular formula is C12H10BrClFNO2. The van der Waals surface area contributed by atoms with Gasteiger partial charge in [-0.25, -0.2) is 9.18 Å². The van der Waals surface area contributed by atoms with E-state index in [4.69, 9.17) is 16.3 Å². The molecule has 1 unspecified atom stereocenters. The summed E-state index contributed by atoms with van der Waals surface area (Å²) in [6.07, 6.45) is 1.54. The zero-order chi connectivity index (χ0) is 13.3. The molecule has 0 amide bonds. The van der Waals surface area contributed by atoms with Crippen molar-refractivity contribution in [3.63, 3.8) is 0 Å². The fourth-order valence-electron chi connectivity index (χ4n) is 1.68. The summed E-state index contributed by atoms with van der Waals surface area (Å²) in [5.41, 5.74) is 0.309. The van der Waals surface area contributed by atoms with E-state index in [1.807, 2.05) is 0 Å². The van der Waals surface area contributed by atoms with Gasteiger partial charge < -0.3 is 10.1 Å². The molecule has 1 aromatic rings. The van der Waals surface area contributed by atoms with Crippen LogP contribution >= 0.6 is 27.5 Å². The summed E-state index contributed by atoms with van der Waals surface area (Å²) >= 11 is 9.19. The minimum absolute atomic E-state index is 0.263. The molecule has 0 fully saturated rings. The molecule has 0 saturated heterocycles. The lowest BCUT2D eigenvalue weighted by molar-refractivity contribution is -0.138. The van der Waals surface area contributed by atoms with Crippen molar-refractivity contribution < 1.29 is 13.9 Å². The van der Waals surface area contributed by atoms with Gasteiger partial charge in [-0.1, -0.05) is 27.5 Å². The Balaban J connectivity index is 2.45. The molecule has 0 aliphatic carbocycles. The molecule has 1 aliphatic rings. The molecule has 0 radical (unpaired) electrons. The topological polar surface area (TPSA) is 38.3 Å². The van der Waals surface area contributed by atoms with Gasteiger partial charge >= 0.3 is 5.97 Å². The van der Waals surface area contributed by atoms with Crippen LogP contribution in [0.25, 0.3) is 6.08 Å². The first-order chi connectivity index (χ1) is 8.52. The van der Waals surface area contributed by atoms with Gasteiger partial charge in [0, 0.05) is 10.0 Å². The molecule has 3 nitrogen and oxygen atoms in total. The van der Waals surface area contributed by atoms with Gasteiger partial charge in [-0.2, -0.15) is 0 Å². The smallest absolute Gasteiger partial charge is 0.337 e. The zero-order valence-electron chi connectivity index (χ0n) is 9.47. The van der Waals surface area contributed by atoms with Gasteiger partial charge in [0.2, 0.25) is 0 Å². The maximum atomic E-state index is 13.7. The quantitative estimate of drug-likeness (QED) is 0.511. The number of rotatable bonds is 2. The summed E-state index contributed by atoms with van der Waals surface area (Å²) in [5.74, 6) is -0.930. The van der Waals surface area contributed by atoms with E-state index in [0.29, 0.717) is 10.0 Å². The molecule has 1 atom stereocenters. The van der Waals surface area contributed by atoms with E-state index >= 15 is 0 Å². The molecule has 0 spiro atoms. The zero-order valence-corrected chi connectivity index (χ0v) is 11.8. The maximum Gasteiger partial charge on any atom is 0.337 e. The Morgan fingerprint density at radius 2 is 2.33 bits per heavy atom. The second kappa shape index (κ2) is 5.28. The number of benzene rings is 1. The van der Waals surface area contributed by atoms with Gasteiger partial charge in [-0.15, -0.1) is 0 Å². The van der Waals surface area contributed by atoms with Gasteiger partial charge in [0.15, 0.2) is 0 Å². The summed E-state index contributed by atoms with van der Waals surface area (Å²) in [5, 5.41) is 2.75. The van der Waals surface area contributed by atoms with Crippen molar-refractivity contribution in [2.45, 2.75) is 12.4 Å². The Morgan fingerprint density at radius 1 is 1.61 bits per heavy atom. The Labute approximate surface area is 117 Å². The predicted molar refractivity (Wildman–Crippen MR) is 72.0 cm³/mol. The summed E-state index contributed by atoms with van der Waals surface area (Å²) in [4.78, 5) is 11.7. The van der Waals surface area contributed by atoms with Crippen LogP contribution in [-0.4, -0.2) is 18.1 Å². The average Bonchev–Trinajstić information content (AvgIpc) is 2.29. The lowest BCUT2D eigenvalue weighted by Crippen LogP contribution is -2.26.